The third kappa shape index (κ3) is 5.41. The van der Waals surface area contributed by atoms with E-state index in [1.165, 1.54) is 22.3 Å². The zero-order valence-corrected chi connectivity index (χ0v) is 19.5. The lowest BCUT2D eigenvalue weighted by atomic mass is 9.78. The van der Waals surface area contributed by atoms with Gasteiger partial charge in [0.2, 0.25) is 5.91 Å². The van der Waals surface area contributed by atoms with E-state index >= 15 is 0 Å². The van der Waals surface area contributed by atoms with Crippen LogP contribution in [0.2, 0.25) is 0 Å². The smallest absolute Gasteiger partial charge is 0.407 e. The van der Waals surface area contributed by atoms with Crippen LogP contribution in [0.15, 0.2) is 48.5 Å². The number of rotatable bonds is 10. The third-order valence-corrected chi connectivity index (χ3v) is 6.81. The van der Waals surface area contributed by atoms with Crippen LogP contribution in [0.1, 0.15) is 56.1 Å². The number of hydrogen-bond donors (Lipinski definition) is 2. The molecule has 7 heteroatoms. The second-order valence-electron chi connectivity index (χ2n) is 9.23. The van der Waals surface area contributed by atoms with Crippen LogP contribution in [0.4, 0.5) is 4.79 Å². The molecule has 4 rings (SSSR count). The van der Waals surface area contributed by atoms with Gasteiger partial charge < -0.3 is 20.1 Å². The summed E-state index contributed by atoms with van der Waals surface area (Å²) in [7, 11) is 0. The predicted molar refractivity (Wildman–Crippen MR) is 128 cm³/mol. The number of hydrogen-bond acceptors (Lipinski definition) is 4. The molecule has 7 nitrogen and oxygen atoms in total. The maximum Gasteiger partial charge on any atom is 0.407 e. The quantitative estimate of drug-likeness (QED) is 0.543. The predicted octanol–water partition coefficient (Wildman–Crippen LogP) is 4.41. The maximum absolute atomic E-state index is 12.5. The number of ether oxygens (including phenoxy) is 1. The molecule has 2 aliphatic rings. The molecule has 2 aliphatic carbocycles. The van der Waals surface area contributed by atoms with E-state index in [4.69, 9.17) is 9.84 Å². The SMILES string of the molecule is CCCN(CCC(=O)O)C(=O)CC1CC(NC(=O)OCC2c3ccccc3-c3ccccc32)C1. The summed E-state index contributed by atoms with van der Waals surface area (Å²) in [6, 6.07) is 16.5. The molecule has 0 aliphatic heterocycles. The van der Waals surface area contributed by atoms with Gasteiger partial charge in [0.25, 0.3) is 0 Å². The van der Waals surface area contributed by atoms with Crippen molar-refractivity contribution in [2.75, 3.05) is 19.7 Å². The molecule has 0 aromatic heterocycles. The first-order chi connectivity index (χ1) is 16.5. The van der Waals surface area contributed by atoms with Crippen LogP contribution < -0.4 is 5.32 Å². The van der Waals surface area contributed by atoms with Gasteiger partial charge in [-0.1, -0.05) is 55.5 Å². The number of alkyl carbamates (subject to hydrolysis) is 1. The lowest BCUT2D eigenvalue weighted by Gasteiger charge is -2.36. The van der Waals surface area contributed by atoms with Crippen molar-refractivity contribution in [1.29, 1.82) is 0 Å². The summed E-state index contributed by atoms with van der Waals surface area (Å²) in [5.41, 5.74) is 4.75. The molecule has 1 saturated carbocycles. The highest BCUT2D eigenvalue weighted by molar-refractivity contribution is 5.79. The Morgan fingerprint density at radius 3 is 2.21 bits per heavy atom. The van der Waals surface area contributed by atoms with E-state index in [0.29, 0.717) is 13.0 Å². The van der Waals surface area contributed by atoms with Crippen molar-refractivity contribution in [3.63, 3.8) is 0 Å². The number of fused-ring (bicyclic) bond motifs is 3. The van der Waals surface area contributed by atoms with Crippen LogP contribution in [0.5, 0.6) is 0 Å². The van der Waals surface area contributed by atoms with Crippen molar-refractivity contribution < 1.29 is 24.2 Å². The fourth-order valence-corrected chi connectivity index (χ4v) is 5.06. The molecule has 0 radical (unpaired) electrons. The molecule has 2 N–H and O–H groups in total. The molecule has 0 atom stereocenters. The van der Waals surface area contributed by atoms with Crippen molar-refractivity contribution in [3.05, 3.63) is 59.7 Å². The topological polar surface area (TPSA) is 95.9 Å². The number of nitrogens with one attached hydrogen (secondary N) is 1. The largest absolute Gasteiger partial charge is 0.481 e. The minimum absolute atomic E-state index is 0.00657. The Balaban J connectivity index is 1.22. The fourth-order valence-electron chi connectivity index (χ4n) is 5.06. The van der Waals surface area contributed by atoms with Crippen LogP contribution in [0, 0.1) is 5.92 Å². The summed E-state index contributed by atoms with van der Waals surface area (Å²) in [5.74, 6) is -0.673. The third-order valence-electron chi connectivity index (χ3n) is 6.81. The van der Waals surface area contributed by atoms with E-state index in [9.17, 15) is 14.4 Å². The number of carboxylic acids is 1. The standard InChI is InChI=1S/C27H32N2O5/c1-2-12-29(13-11-26(31)32)25(30)16-18-14-19(15-18)28-27(33)34-17-24-22-9-5-3-7-20(22)21-8-4-6-10-23(21)24/h3-10,18-19,24H,2,11-17H2,1H3,(H,28,33)(H,31,32). The molecule has 2 aromatic rings. The van der Waals surface area contributed by atoms with Crippen LogP contribution in [-0.4, -0.2) is 53.7 Å². The van der Waals surface area contributed by atoms with Crippen LogP contribution in [-0.2, 0) is 14.3 Å². The van der Waals surface area contributed by atoms with Gasteiger partial charge in [0, 0.05) is 31.5 Å². The molecule has 0 spiro atoms. The van der Waals surface area contributed by atoms with Gasteiger partial charge in [-0.2, -0.15) is 0 Å². The molecule has 1 fully saturated rings. The van der Waals surface area contributed by atoms with Gasteiger partial charge in [-0.05, 0) is 47.4 Å². The molecular formula is C27H32N2O5. The zero-order chi connectivity index (χ0) is 24.1. The molecule has 2 aromatic carbocycles. The van der Waals surface area contributed by atoms with E-state index < -0.39 is 12.1 Å². The fraction of sp³-hybridized carbons (Fsp3) is 0.444. The van der Waals surface area contributed by atoms with Crippen LogP contribution >= 0.6 is 0 Å². The first-order valence-electron chi connectivity index (χ1n) is 12.1. The zero-order valence-electron chi connectivity index (χ0n) is 19.5. The second-order valence-corrected chi connectivity index (χ2v) is 9.23. The Kier molecular flexibility index (Phi) is 7.50. The first-order valence-corrected chi connectivity index (χ1v) is 12.1. The van der Waals surface area contributed by atoms with Gasteiger partial charge in [-0.15, -0.1) is 0 Å². The number of carbonyl (C=O) groups excluding carboxylic acids is 2. The molecule has 34 heavy (non-hydrogen) atoms. The number of aliphatic carboxylic acids is 1. The second kappa shape index (κ2) is 10.7. The Labute approximate surface area is 200 Å². The lowest BCUT2D eigenvalue weighted by molar-refractivity contribution is -0.139. The highest BCUT2D eigenvalue weighted by atomic mass is 16.5. The molecule has 0 heterocycles. The molecule has 180 valence electrons. The molecular weight excluding hydrogens is 432 g/mol. The van der Waals surface area contributed by atoms with Gasteiger partial charge in [0.05, 0.1) is 6.42 Å². The van der Waals surface area contributed by atoms with Gasteiger partial charge in [0.15, 0.2) is 0 Å². The highest BCUT2D eigenvalue weighted by Gasteiger charge is 2.34. The number of carbonyl (C=O) groups is 3. The maximum atomic E-state index is 12.5. The Hall–Kier alpha value is -3.35. The van der Waals surface area contributed by atoms with Gasteiger partial charge in [0.1, 0.15) is 6.61 Å². The number of amides is 2. The minimum Gasteiger partial charge on any atom is -0.481 e. The molecule has 2 amide bonds. The average molecular weight is 465 g/mol. The van der Waals surface area contributed by atoms with Gasteiger partial charge in [-0.25, -0.2) is 4.79 Å². The summed E-state index contributed by atoms with van der Waals surface area (Å²) in [6.07, 6.45) is 2.18. The van der Waals surface area contributed by atoms with Crippen LogP contribution in [0.3, 0.4) is 0 Å². The molecule has 0 unspecified atom stereocenters. The summed E-state index contributed by atoms with van der Waals surface area (Å²) < 4.78 is 5.61. The van der Waals surface area contributed by atoms with Gasteiger partial charge in [-0.3, -0.25) is 9.59 Å². The first kappa shape index (κ1) is 23.8. The van der Waals surface area contributed by atoms with Crippen molar-refractivity contribution in [1.82, 2.24) is 10.2 Å². The van der Waals surface area contributed by atoms with E-state index in [0.717, 1.165) is 19.3 Å². The summed E-state index contributed by atoms with van der Waals surface area (Å²) in [4.78, 5) is 37.5. The van der Waals surface area contributed by atoms with E-state index in [1.807, 2.05) is 31.2 Å². The molecule has 0 bridgehead atoms. The van der Waals surface area contributed by atoms with Crippen LogP contribution in [0.25, 0.3) is 11.1 Å². The van der Waals surface area contributed by atoms with E-state index in [2.05, 4.69) is 29.6 Å². The highest BCUT2D eigenvalue weighted by Crippen LogP contribution is 2.44. The number of benzene rings is 2. The van der Waals surface area contributed by atoms with E-state index in [1.54, 1.807) is 4.90 Å². The monoisotopic (exact) mass is 464 g/mol. The summed E-state index contributed by atoms with van der Waals surface area (Å²) >= 11 is 0. The van der Waals surface area contributed by atoms with E-state index in [-0.39, 0.29) is 43.4 Å². The normalized spacial score (nSPS) is 18.4. The average Bonchev–Trinajstić information content (AvgIpc) is 3.12. The minimum atomic E-state index is -0.898. The van der Waals surface area contributed by atoms with Crippen molar-refractivity contribution in [2.24, 2.45) is 5.92 Å². The Bertz CT molecular complexity index is 1000. The summed E-state index contributed by atoms with van der Waals surface area (Å²) in [5, 5.41) is 11.8. The van der Waals surface area contributed by atoms with Crippen molar-refractivity contribution in [2.45, 2.75) is 51.0 Å². The molecule has 0 saturated heterocycles. The summed E-state index contributed by atoms with van der Waals surface area (Å²) in [6.45, 7) is 3.07. The van der Waals surface area contributed by atoms with Crippen molar-refractivity contribution in [3.8, 4) is 11.1 Å². The number of nitrogens with zero attached hydrogens (tertiary/aromatic N) is 1. The lowest BCUT2D eigenvalue weighted by Crippen LogP contribution is -2.46. The Morgan fingerprint density at radius 1 is 1.00 bits per heavy atom. The Morgan fingerprint density at radius 2 is 1.62 bits per heavy atom. The van der Waals surface area contributed by atoms with Gasteiger partial charge >= 0.3 is 12.1 Å². The number of carboxylic acid groups (broad SMARTS) is 1. The van der Waals surface area contributed by atoms with Crippen molar-refractivity contribution >= 4 is 18.0 Å².